The first-order valence-electron chi connectivity index (χ1n) is 16.9. The summed E-state index contributed by atoms with van der Waals surface area (Å²) < 4.78 is 19.2. The first-order valence-corrected chi connectivity index (χ1v) is 17.3. The summed E-state index contributed by atoms with van der Waals surface area (Å²) in [5.41, 5.74) is 3.07. The Morgan fingerprint density at radius 2 is 1.87 bits per heavy atom. The van der Waals surface area contributed by atoms with Crippen LogP contribution in [0.3, 0.4) is 0 Å². The zero-order chi connectivity index (χ0) is 32.3. The highest BCUT2D eigenvalue weighted by Crippen LogP contribution is 2.38. The standard InChI is InChI=1S/C36H41ClFN7O2/c37-30-10-3-6-25-7-4-11-32(34(25)30)42-18-15-29-31(23-42)40-36(47-24-28-14-19-44(28)26-8-1-2-9-26)41-35(29)43-20-21-45(27(22-43)13-17-39)33(46)12-5-16-38/h3-7,10-12,26-28H,1-2,8-9,13-16,18-24H2/b12-5+/t27-,28?/m0/s1. The van der Waals surface area contributed by atoms with Gasteiger partial charge in [-0.3, -0.25) is 9.69 Å². The van der Waals surface area contributed by atoms with Gasteiger partial charge in [0.15, 0.2) is 0 Å². The predicted octanol–water partition coefficient (Wildman–Crippen LogP) is 5.70. The highest BCUT2D eigenvalue weighted by molar-refractivity contribution is 6.36. The molecule has 3 aromatic rings. The average Bonchev–Trinajstić information content (AvgIpc) is 3.60. The lowest BCUT2D eigenvalue weighted by atomic mass is 9.99. The van der Waals surface area contributed by atoms with Crippen molar-refractivity contribution in [3.05, 3.63) is 64.8 Å². The van der Waals surface area contributed by atoms with Crippen LogP contribution in [0.15, 0.2) is 48.6 Å². The van der Waals surface area contributed by atoms with Gasteiger partial charge < -0.3 is 19.4 Å². The maximum absolute atomic E-state index is 12.8. The van der Waals surface area contributed by atoms with E-state index in [0.29, 0.717) is 50.9 Å². The summed E-state index contributed by atoms with van der Waals surface area (Å²) in [6.45, 7) is 3.73. The minimum Gasteiger partial charge on any atom is -0.462 e. The number of hydrogen-bond donors (Lipinski definition) is 0. The Bertz CT molecular complexity index is 1680. The molecule has 3 fully saturated rings. The number of rotatable bonds is 9. The molecule has 4 heterocycles. The molecule has 1 unspecified atom stereocenters. The van der Waals surface area contributed by atoms with Crippen LogP contribution in [-0.4, -0.2) is 89.8 Å². The van der Waals surface area contributed by atoms with Gasteiger partial charge in [-0.2, -0.15) is 15.2 Å². The Kier molecular flexibility index (Phi) is 9.46. The molecule has 2 atom stereocenters. The summed E-state index contributed by atoms with van der Waals surface area (Å²) in [7, 11) is 0. The zero-order valence-corrected chi connectivity index (χ0v) is 27.4. The molecule has 2 saturated heterocycles. The Hall–Kier alpha value is -3.94. The van der Waals surface area contributed by atoms with Crippen molar-refractivity contribution in [3.8, 4) is 12.1 Å². The van der Waals surface area contributed by atoms with Gasteiger partial charge in [-0.1, -0.05) is 48.7 Å². The molecule has 47 heavy (non-hydrogen) atoms. The summed E-state index contributed by atoms with van der Waals surface area (Å²) in [6, 6.07) is 15.6. The number of nitrogens with zero attached hydrogens (tertiary/aromatic N) is 7. The van der Waals surface area contributed by atoms with Gasteiger partial charge in [-0.05, 0) is 49.3 Å². The van der Waals surface area contributed by atoms with Crippen LogP contribution in [0.4, 0.5) is 15.9 Å². The summed E-state index contributed by atoms with van der Waals surface area (Å²) in [6.07, 6.45) is 9.66. The summed E-state index contributed by atoms with van der Waals surface area (Å²) in [5, 5.41) is 12.5. The van der Waals surface area contributed by atoms with E-state index in [1.807, 2.05) is 12.1 Å². The van der Waals surface area contributed by atoms with Gasteiger partial charge >= 0.3 is 6.01 Å². The average molecular weight is 658 g/mol. The largest absolute Gasteiger partial charge is 0.462 e. The first-order chi connectivity index (χ1) is 23.0. The highest BCUT2D eigenvalue weighted by Gasteiger charge is 2.37. The van der Waals surface area contributed by atoms with Crippen LogP contribution >= 0.6 is 11.6 Å². The molecule has 0 spiro atoms. The van der Waals surface area contributed by atoms with Crippen molar-refractivity contribution in [1.29, 1.82) is 5.26 Å². The monoisotopic (exact) mass is 657 g/mol. The van der Waals surface area contributed by atoms with Crippen LogP contribution in [0.2, 0.25) is 5.02 Å². The van der Waals surface area contributed by atoms with Gasteiger partial charge in [0, 0.05) is 67.5 Å². The molecule has 7 rings (SSSR count). The van der Waals surface area contributed by atoms with E-state index in [4.69, 9.17) is 26.3 Å². The van der Waals surface area contributed by atoms with E-state index >= 15 is 0 Å². The van der Waals surface area contributed by atoms with Crippen LogP contribution in [0, 0.1) is 11.3 Å². The number of hydrogen-bond acceptors (Lipinski definition) is 8. The van der Waals surface area contributed by atoms with Crippen molar-refractivity contribution in [2.75, 3.05) is 55.8 Å². The lowest BCUT2D eigenvalue weighted by molar-refractivity contribution is -0.128. The topological polar surface area (TPSA) is 88.8 Å². The summed E-state index contributed by atoms with van der Waals surface area (Å²) in [5.74, 6) is 0.546. The highest BCUT2D eigenvalue weighted by atomic mass is 35.5. The molecule has 0 radical (unpaired) electrons. The Morgan fingerprint density at radius 1 is 1.04 bits per heavy atom. The molecule has 0 bridgehead atoms. The van der Waals surface area contributed by atoms with Crippen molar-refractivity contribution in [3.63, 3.8) is 0 Å². The molecule has 1 aliphatic carbocycles. The number of carbonyl (C=O) groups is 1. The quantitative estimate of drug-likeness (QED) is 0.271. The van der Waals surface area contributed by atoms with E-state index in [1.54, 1.807) is 4.90 Å². The van der Waals surface area contributed by atoms with E-state index < -0.39 is 6.67 Å². The number of nitriles is 1. The predicted molar refractivity (Wildman–Crippen MR) is 182 cm³/mol. The molecule has 246 valence electrons. The lowest BCUT2D eigenvalue weighted by Gasteiger charge is -2.44. The minimum atomic E-state index is -0.703. The number of aromatic nitrogens is 2. The van der Waals surface area contributed by atoms with E-state index in [-0.39, 0.29) is 18.4 Å². The first kappa shape index (κ1) is 31.6. The van der Waals surface area contributed by atoms with Crippen LogP contribution in [-0.2, 0) is 17.8 Å². The van der Waals surface area contributed by atoms with Crippen LogP contribution < -0.4 is 14.5 Å². The molecule has 3 aliphatic heterocycles. The second-order valence-corrected chi connectivity index (χ2v) is 13.4. The second-order valence-electron chi connectivity index (χ2n) is 13.0. The van der Waals surface area contributed by atoms with Crippen molar-refractivity contribution in [2.24, 2.45) is 0 Å². The number of allylic oxidation sites excluding steroid dienone is 1. The fraction of sp³-hybridized carbons (Fsp3) is 0.500. The summed E-state index contributed by atoms with van der Waals surface area (Å²) >= 11 is 6.73. The maximum atomic E-state index is 12.8. The van der Waals surface area contributed by atoms with Crippen molar-refractivity contribution < 1.29 is 13.9 Å². The molecular formula is C36H41ClFN7O2. The van der Waals surface area contributed by atoms with Crippen molar-refractivity contribution in [2.45, 2.75) is 69.6 Å². The number of halogens is 2. The normalized spacial score (nSPS) is 22.0. The SMILES string of the molecule is N#CC[C@H]1CN(c2nc(OCC3CCN3C3CCCC3)nc3c2CCN(c2cccc4cccc(Cl)c24)C3)CCN1C(=O)/C=C/CF. The van der Waals surface area contributed by atoms with Crippen LogP contribution in [0.25, 0.3) is 10.8 Å². The smallest absolute Gasteiger partial charge is 0.318 e. The molecule has 1 saturated carbocycles. The third-order valence-corrected chi connectivity index (χ3v) is 10.6. The van der Waals surface area contributed by atoms with Gasteiger partial charge in [-0.15, -0.1) is 0 Å². The Labute approximate surface area is 280 Å². The van der Waals surface area contributed by atoms with Crippen LogP contribution in [0.5, 0.6) is 6.01 Å². The lowest BCUT2D eigenvalue weighted by Crippen LogP contribution is -2.55. The van der Waals surface area contributed by atoms with Gasteiger partial charge in [0.25, 0.3) is 0 Å². The fourth-order valence-electron chi connectivity index (χ4n) is 7.85. The molecule has 4 aliphatic rings. The molecule has 2 aromatic carbocycles. The van der Waals surface area contributed by atoms with E-state index in [9.17, 15) is 14.4 Å². The van der Waals surface area contributed by atoms with Gasteiger partial charge in [-0.25, -0.2) is 4.39 Å². The number of carbonyl (C=O) groups excluding carboxylic acids is 1. The molecular weight excluding hydrogens is 617 g/mol. The van der Waals surface area contributed by atoms with Crippen molar-refractivity contribution >= 4 is 39.8 Å². The fourth-order valence-corrected chi connectivity index (χ4v) is 8.12. The van der Waals surface area contributed by atoms with Gasteiger partial charge in [0.1, 0.15) is 19.1 Å². The van der Waals surface area contributed by atoms with Crippen LogP contribution in [0.1, 0.15) is 49.8 Å². The van der Waals surface area contributed by atoms with E-state index in [0.717, 1.165) is 64.5 Å². The molecule has 9 nitrogen and oxygen atoms in total. The van der Waals surface area contributed by atoms with E-state index in [2.05, 4.69) is 45.0 Å². The number of alkyl halides is 1. The molecule has 1 amide bonds. The molecule has 0 N–H and O–H groups in total. The zero-order valence-electron chi connectivity index (χ0n) is 26.7. The molecule has 11 heteroatoms. The second kappa shape index (κ2) is 14.0. The third kappa shape index (κ3) is 6.48. The number of benzene rings is 2. The Morgan fingerprint density at radius 3 is 2.64 bits per heavy atom. The van der Waals surface area contributed by atoms with E-state index in [1.165, 1.54) is 37.8 Å². The third-order valence-electron chi connectivity index (χ3n) is 10.3. The number of amides is 1. The number of piperazine rings is 1. The van der Waals surface area contributed by atoms with Crippen molar-refractivity contribution in [1.82, 2.24) is 19.8 Å². The maximum Gasteiger partial charge on any atom is 0.318 e. The van der Waals surface area contributed by atoms with Gasteiger partial charge in [0.05, 0.1) is 35.8 Å². The number of fused-ring (bicyclic) bond motifs is 2. The number of anilines is 2. The van der Waals surface area contributed by atoms with Gasteiger partial charge in [0.2, 0.25) is 5.91 Å². The summed E-state index contributed by atoms with van der Waals surface area (Å²) in [4.78, 5) is 31.7. The number of likely N-dealkylation sites (tertiary alicyclic amines) is 1. The minimum absolute atomic E-state index is 0.177. The number of ether oxygens (including phenoxy) is 1. The molecule has 1 aromatic heterocycles. The Balaban J connectivity index is 1.18.